The van der Waals surface area contributed by atoms with Crippen molar-refractivity contribution in [2.75, 3.05) is 6.61 Å². The molecule has 2 atom stereocenters. The van der Waals surface area contributed by atoms with E-state index >= 15 is 0 Å². The van der Waals surface area contributed by atoms with Crippen LogP contribution in [0, 0.1) is 0 Å². The average molecular weight is 568 g/mol. The first-order valence-electron chi connectivity index (χ1n) is 12.9. The molecular weight excluding hydrogens is 536 g/mol. The van der Waals surface area contributed by atoms with Crippen LogP contribution < -0.4 is 10.3 Å². The number of carbonyl (C=O) groups is 1. The molecule has 0 bridgehead atoms. The third-order valence-corrected chi connectivity index (χ3v) is 8.27. The molecule has 0 saturated heterocycles. The standard InChI is InChI=1S/C31H31F2NO5S/c1-4-31(32,33)26-19-30(36)39-28-16-13-22(18-25(26)28)17-21-11-14-24(15-12-21)40(3,37)34-27(20-29(35)38-5-2)23-9-7-6-8-10-23/h6-16,18-19,27H,3-5,17,20H2,1-2H3,(H,34,37). The summed E-state index contributed by atoms with van der Waals surface area (Å²) in [7, 11) is -3.00. The number of hydrogen-bond acceptors (Lipinski definition) is 5. The molecule has 1 N–H and O–H groups in total. The summed E-state index contributed by atoms with van der Waals surface area (Å²) in [6, 6.07) is 21.3. The summed E-state index contributed by atoms with van der Waals surface area (Å²) >= 11 is 0. The van der Waals surface area contributed by atoms with E-state index in [1.54, 1.807) is 43.3 Å². The molecule has 0 aliphatic rings. The van der Waals surface area contributed by atoms with Crippen molar-refractivity contribution in [1.29, 1.82) is 0 Å². The quantitative estimate of drug-likeness (QED) is 0.133. The molecule has 0 radical (unpaired) electrons. The second kappa shape index (κ2) is 12.1. The van der Waals surface area contributed by atoms with Gasteiger partial charge < -0.3 is 9.15 Å². The minimum absolute atomic E-state index is 0.0103. The number of nitrogens with one attached hydrogen (secondary N) is 1. The maximum Gasteiger partial charge on any atom is 0.336 e. The predicted molar refractivity (Wildman–Crippen MR) is 153 cm³/mol. The fraction of sp³-hybridized carbons (Fsp3) is 0.258. The smallest absolute Gasteiger partial charge is 0.336 e. The molecule has 4 rings (SSSR count). The Labute approximate surface area is 232 Å². The Morgan fingerprint density at radius 3 is 2.35 bits per heavy atom. The van der Waals surface area contributed by atoms with Gasteiger partial charge in [-0.1, -0.05) is 55.5 Å². The van der Waals surface area contributed by atoms with E-state index in [1.807, 2.05) is 30.3 Å². The number of hydrogen-bond donors (Lipinski definition) is 1. The van der Waals surface area contributed by atoms with E-state index in [-0.39, 0.29) is 29.6 Å². The van der Waals surface area contributed by atoms with Crippen LogP contribution in [-0.4, -0.2) is 22.7 Å². The van der Waals surface area contributed by atoms with Crippen molar-refractivity contribution >= 4 is 32.5 Å². The summed E-state index contributed by atoms with van der Waals surface area (Å²) < 4.78 is 56.1. The summed E-state index contributed by atoms with van der Waals surface area (Å²) in [5.41, 5.74) is 1.32. The molecule has 0 aliphatic heterocycles. The van der Waals surface area contributed by atoms with Gasteiger partial charge in [0.25, 0.3) is 5.92 Å². The number of ether oxygens (including phenoxy) is 1. The molecule has 2 unspecified atom stereocenters. The molecule has 210 valence electrons. The third-order valence-electron chi connectivity index (χ3n) is 6.57. The first-order chi connectivity index (χ1) is 19.0. The van der Waals surface area contributed by atoms with Crippen LogP contribution in [0.2, 0.25) is 0 Å². The van der Waals surface area contributed by atoms with Crippen LogP contribution in [0.5, 0.6) is 0 Å². The van der Waals surface area contributed by atoms with Crippen LogP contribution in [0.15, 0.2) is 93.0 Å². The summed E-state index contributed by atoms with van der Waals surface area (Å²) in [6.45, 7) is 3.33. The Balaban J connectivity index is 1.56. The third kappa shape index (κ3) is 6.84. The fourth-order valence-corrected chi connectivity index (χ4v) is 5.86. The molecule has 6 nitrogen and oxygen atoms in total. The number of benzene rings is 3. The Kier molecular flexibility index (Phi) is 8.85. The molecule has 3 aromatic carbocycles. The lowest BCUT2D eigenvalue weighted by Crippen LogP contribution is -2.30. The molecule has 40 heavy (non-hydrogen) atoms. The Hall–Kier alpha value is -3.82. The van der Waals surface area contributed by atoms with Crippen molar-refractivity contribution in [1.82, 2.24) is 4.72 Å². The van der Waals surface area contributed by atoms with E-state index in [0.717, 1.165) is 22.8 Å². The Bertz CT molecular complexity index is 1650. The Morgan fingerprint density at radius 2 is 1.70 bits per heavy atom. The zero-order valence-corrected chi connectivity index (χ0v) is 23.1. The van der Waals surface area contributed by atoms with Crippen LogP contribution in [0.4, 0.5) is 8.78 Å². The van der Waals surface area contributed by atoms with Crippen LogP contribution in [-0.2, 0) is 31.6 Å². The van der Waals surface area contributed by atoms with Crippen molar-refractivity contribution in [3.63, 3.8) is 0 Å². The number of carbonyl (C=O) groups excluding carboxylic acids is 1. The fourth-order valence-electron chi connectivity index (χ4n) is 4.47. The highest BCUT2D eigenvalue weighted by Gasteiger charge is 2.32. The molecule has 1 aromatic heterocycles. The normalized spacial score (nSPS) is 14.0. The molecule has 0 fully saturated rings. The van der Waals surface area contributed by atoms with Gasteiger partial charge in [0.2, 0.25) is 0 Å². The lowest BCUT2D eigenvalue weighted by Gasteiger charge is -2.21. The molecule has 4 aromatic rings. The number of rotatable bonds is 11. The summed E-state index contributed by atoms with van der Waals surface area (Å²) in [6.07, 6.45) is -0.0438. The van der Waals surface area contributed by atoms with Crippen molar-refractivity contribution in [3.05, 3.63) is 112 Å². The lowest BCUT2D eigenvalue weighted by molar-refractivity contribution is -0.143. The zero-order valence-electron chi connectivity index (χ0n) is 22.3. The highest BCUT2D eigenvalue weighted by Crippen LogP contribution is 2.36. The topological polar surface area (TPSA) is 85.6 Å². The van der Waals surface area contributed by atoms with Crippen molar-refractivity contribution in [2.24, 2.45) is 0 Å². The number of fused-ring (bicyclic) bond motifs is 1. The summed E-state index contributed by atoms with van der Waals surface area (Å²) in [5.74, 6) is 0.333. The molecule has 0 saturated carbocycles. The molecule has 0 aliphatic carbocycles. The average Bonchev–Trinajstić information content (AvgIpc) is 2.93. The Morgan fingerprint density at radius 1 is 1.02 bits per heavy atom. The molecule has 0 spiro atoms. The van der Waals surface area contributed by atoms with Gasteiger partial charge in [-0.15, -0.1) is 0 Å². The maximum atomic E-state index is 14.6. The van der Waals surface area contributed by atoms with Gasteiger partial charge in [-0.3, -0.25) is 4.79 Å². The van der Waals surface area contributed by atoms with E-state index in [0.29, 0.717) is 11.3 Å². The second-order valence-corrected chi connectivity index (χ2v) is 11.5. The van der Waals surface area contributed by atoms with Gasteiger partial charge in [-0.25, -0.2) is 22.5 Å². The van der Waals surface area contributed by atoms with E-state index < -0.39 is 39.7 Å². The maximum absolute atomic E-state index is 14.6. The molecule has 9 heteroatoms. The minimum Gasteiger partial charge on any atom is -0.466 e. The van der Waals surface area contributed by atoms with Crippen LogP contribution in [0.1, 0.15) is 55.0 Å². The van der Waals surface area contributed by atoms with Gasteiger partial charge in [-0.2, -0.15) is 0 Å². The van der Waals surface area contributed by atoms with Gasteiger partial charge in [-0.05, 0) is 60.2 Å². The predicted octanol–water partition coefficient (Wildman–Crippen LogP) is 6.16. The first kappa shape index (κ1) is 29.2. The van der Waals surface area contributed by atoms with Gasteiger partial charge in [0.15, 0.2) is 0 Å². The zero-order chi connectivity index (χ0) is 28.9. The molecule has 0 amide bonds. The van der Waals surface area contributed by atoms with Gasteiger partial charge in [0.05, 0.1) is 28.8 Å². The van der Waals surface area contributed by atoms with E-state index in [9.17, 15) is 22.6 Å². The molecule has 1 heterocycles. The largest absolute Gasteiger partial charge is 0.466 e. The van der Waals surface area contributed by atoms with Crippen LogP contribution in [0.25, 0.3) is 11.0 Å². The lowest BCUT2D eigenvalue weighted by atomic mass is 9.98. The van der Waals surface area contributed by atoms with Gasteiger partial charge in [0.1, 0.15) is 5.58 Å². The highest BCUT2D eigenvalue weighted by molar-refractivity contribution is 7.98. The number of esters is 1. The monoisotopic (exact) mass is 567 g/mol. The second-order valence-electron chi connectivity index (χ2n) is 9.45. The SMILES string of the molecule is C=S(=O)(NC(CC(=O)OCC)c1ccccc1)c1ccc(Cc2ccc3oc(=O)cc(C(F)(F)CC)c3c2)cc1. The number of halogens is 2. The van der Waals surface area contributed by atoms with E-state index in [4.69, 9.17) is 9.15 Å². The molecular formula is C31H31F2NO5S. The summed E-state index contributed by atoms with van der Waals surface area (Å²) in [5, 5.41) is 0.194. The minimum atomic E-state index is -3.17. The van der Waals surface area contributed by atoms with Crippen LogP contribution in [0.3, 0.4) is 0 Å². The van der Waals surface area contributed by atoms with Gasteiger partial charge in [0, 0.05) is 28.3 Å². The van der Waals surface area contributed by atoms with Gasteiger partial charge >= 0.3 is 11.6 Å². The number of alkyl halides is 2. The van der Waals surface area contributed by atoms with E-state index in [2.05, 4.69) is 10.6 Å². The van der Waals surface area contributed by atoms with Crippen LogP contribution >= 0.6 is 0 Å². The summed E-state index contributed by atoms with van der Waals surface area (Å²) in [4.78, 5) is 24.5. The van der Waals surface area contributed by atoms with E-state index in [1.165, 1.54) is 13.0 Å². The van der Waals surface area contributed by atoms with Crippen molar-refractivity contribution in [2.45, 2.75) is 50.0 Å². The first-order valence-corrected chi connectivity index (χ1v) is 14.6. The van der Waals surface area contributed by atoms with Crippen molar-refractivity contribution in [3.8, 4) is 0 Å². The van der Waals surface area contributed by atoms with Crippen molar-refractivity contribution < 1.29 is 26.9 Å². The highest BCUT2D eigenvalue weighted by atomic mass is 32.2.